The lowest BCUT2D eigenvalue weighted by molar-refractivity contribution is 0.669. The van der Waals surface area contributed by atoms with Gasteiger partial charge in [-0.05, 0) is 87.0 Å². The highest BCUT2D eigenvalue weighted by Crippen LogP contribution is 2.40. The van der Waals surface area contributed by atoms with Crippen molar-refractivity contribution in [1.29, 1.82) is 0 Å². The molecule has 258 valence electrons. The van der Waals surface area contributed by atoms with Crippen LogP contribution in [0.4, 0.5) is 0 Å². The second-order valence-corrected chi connectivity index (χ2v) is 13.6. The number of fused-ring (bicyclic) bond motifs is 3. The lowest BCUT2D eigenvalue weighted by Crippen LogP contribution is -2.00. The molecule has 0 fully saturated rings. The van der Waals surface area contributed by atoms with Gasteiger partial charge in [0.25, 0.3) is 0 Å². The minimum Gasteiger partial charge on any atom is -0.456 e. The van der Waals surface area contributed by atoms with Crippen molar-refractivity contribution < 1.29 is 4.42 Å². The van der Waals surface area contributed by atoms with Crippen molar-refractivity contribution in [3.8, 4) is 78.7 Å². The number of furan rings is 1. The van der Waals surface area contributed by atoms with Crippen LogP contribution in [0, 0.1) is 0 Å². The van der Waals surface area contributed by atoms with Crippen molar-refractivity contribution in [2.75, 3.05) is 0 Å². The van der Waals surface area contributed by atoms with Crippen LogP contribution in [0.15, 0.2) is 205 Å². The highest BCUT2D eigenvalue weighted by Gasteiger charge is 2.17. The van der Waals surface area contributed by atoms with E-state index in [9.17, 15) is 0 Å². The molecule has 0 aliphatic rings. The first-order chi connectivity index (χ1) is 27.2. The molecule has 0 N–H and O–H groups in total. The van der Waals surface area contributed by atoms with Gasteiger partial charge in [-0.2, -0.15) is 0 Å². The predicted molar refractivity (Wildman–Crippen MR) is 225 cm³/mol. The molecular weight excluding hydrogens is 671 g/mol. The molecule has 10 rings (SSSR count). The Morgan fingerprint density at radius 2 is 0.709 bits per heavy atom. The Balaban J connectivity index is 1.07. The lowest BCUT2D eigenvalue weighted by Gasteiger charge is -2.13. The zero-order valence-electron chi connectivity index (χ0n) is 29.8. The van der Waals surface area contributed by atoms with Gasteiger partial charge in [0.1, 0.15) is 11.2 Å². The van der Waals surface area contributed by atoms with E-state index in [4.69, 9.17) is 19.4 Å². The summed E-state index contributed by atoms with van der Waals surface area (Å²) in [7, 11) is 0. The SMILES string of the molecule is c1ccc(-c2cc(-c3ccccc3)cc(-c3cccc(-c4cccc5oc6cc(-c7nc(-c8ccccc8)nc(-c8ccccc8)n7)ccc6c45)c3)c2)cc1. The second-order valence-electron chi connectivity index (χ2n) is 13.6. The largest absolute Gasteiger partial charge is 0.456 e. The molecule has 0 amide bonds. The average molecular weight is 704 g/mol. The summed E-state index contributed by atoms with van der Waals surface area (Å²) in [5.41, 5.74) is 13.6. The van der Waals surface area contributed by atoms with Crippen LogP contribution in [0.2, 0.25) is 0 Å². The maximum Gasteiger partial charge on any atom is 0.164 e. The summed E-state index contributed by atoms with van der Waals surface area (Å²) in [6.45, 7) is 0. The Labute approximate surface area is 319 Å². The van der Waals surface area contributed by atoms with Gasteiger partial charge >= 0.3 is 0 Å². The van der Waals surface area contributed by atoms with E-state index in [0.717, 1.165) is 60.9 Å². The zero-order valence-corrected chi connectivity index (χ0v) is 29.8. The smallest absolute Gasteiger partial charge is 0.164 e. The van der Waals surface area contributed by atoms with Crippen LogP contribution < -0.4 is 0 Å². The molecule has 0 unspecified atom stereocenters. The molecule has 0 aliphatic heterocycles. The van der Waals surface area contributed by atoms with Crippen LogP contribution >= 0.6 is 0 Å². The third kappa shape index (κ3) is 6.26. The molecule has 2 aromatic heterocycles. The van der Waals surface area contributed by atoms with Crippen LogP contribution in [0.5, 0.6) is 0 Å². The van der Waals surface area contributed by atoms with Gasteiger partial charge in [-0.15, -0.1) is 0 Å². The summed E-state index contributed by atoms with van der Waals surface area (Å²) < 4.78 is 6.58. The van der Waals surface area contributed by atoms with Gasteiger partial charge in [0.2, 0.25) is 0 Å². The maximum absolute atomic E-state index is 6.58. The highest BCUT2D eigenvalue weighted by molar-refractivity contribution is 6.13. The summed E-state index contributed by atoms with van der Waals surface area (Å²) in [6.07, 6.45) is 0. The monoisotopic (exact) mass is 703 g/mol. The second kappa shape index (κ2) is 13.8. The average Bonchev–Trinajstić information content (AvgIpc) is 3.66. The Hall–Kier alpha value is -7.43. The molecule has 4 nitrogen and oxygen atoms in total. The molecule has 0 saturated heterocycles. The molecule has 0 saturated carbocycles. The molecule has 10 aromatic rings. The van der Waals surface area contributed by atoms with Gasteiger partial charge in [-0.3, -0.25) is 0 Å². The van der Waals surface area contributed by atoms with Gasteiger partial charge in [0.05, 0.1) is 0 Å². The Morgan fingerprint density at radius 3 is 1.27 bits per heavy atom. The van der Waals surface area contributed by atoms with Crippen molar-refractivity contribution in [2.45, 2.75) is 0 Å². The van der Waals surface area contributed by atoms with E-state index < -0.39 is 0 Å². The van der Waals surface area contributed by atoms with Gasteiger partial charge in [0, 0.05) is 27.5 Å². The molecule has 55 heavy (non-hydrogen) atoms. The Bertz CT molecular complexity index is 2840. The predicted octanol–water partition coefficient (Wildman–Crippen LogP) is 13.4. The first kappa shape index (κ1) is 32.2. The van der Waals surface area contributed by atoms with Crippen LogP contribution in [0.1, 0.15) is 0 Å². The highest BCUT2D eigenvalue weighted by atomic mass is 16.3. The molecule has 0 radical (unpaired) electrons. The zero-order chi connectivity index (χ0) is 36.6. The van der Waals surface area contributed by atoms with Crippen LogP contribution in [-0.2, 0) is 0 Å². The Morgan fingerprint density at radius 1 is 0.273 bits per heavy atom. The van der Waals surface area contributed by atoms with E-state index in [1.807, 2.05) is 66.7 Å². The molecular formula is C51H33N3O. The fraction of sp³-hybridized carbons (Fsp3) is 0. The normalized spacial score (nSPS) is 11.3. The van der Waals surface area contributed by atoms with E-state index in [1.165, 1.54) is 22.3 Å². The molecule has 8 aromatic carbocycles. The first-order valence-corrected chi connectivity index (χ1v) is 18.4. The topological polar surface area (TPSA) is 51.8 Å². The molecule has 0 atom stereocenters. The number of rotatable bonds is 7. The van der Waals surface area contributed by atoms with Crippen LogP contribution in [-0.4, -0.2) is 15.0 Å². The number of hydrogen-bond acceptors (Lipinski definition) is 4. The third-order valence-corrected chi connectivity index (χ3v) is 10.1. The molecule has 0 spiro atoms. The molecule has 2 heterocycles. The number of aromatic nitrogens is 3. The van der Waals surface area contributed by atoms with Crippen LogP contribution in [0.3, 0.4) is 0 Å². The summed E-state index contributed by atoms with van der Waals surface area (Å²) in [6, 6.07) is 69.5. The quantitative estimate of drug-likeness (QED) is 0.166. The van der Waals surface area contributed by atoms with Crippen molar-refractivity contribution in [3.63, 3.8) is 0 Å². The van der Waals surface area contributed by atoms with Gasteiger partial charge in [-0.25, -0.2) is 15.0 Å². The fourth-order valence-corrected chi connectivity index (χ4v) is 7.40. The minimum absolute atomic E-state index is 0.593. The number of hydrogen-bond donors (Lipinski definition) is 0. The standard InChI is InChI=1S/C51H33N3O/c1-5-15-34(16-6-1)41-30-42(35-17-7-2-8-18-35)32-43(31-41)38-23-13-24-39(29-38)44-25-14-26-46-48(44)45-28-27-40(33-47(45)55-46)51-53-49(36-19-9-3-10-20-36)52-50(54-51)37-21-11-4-12-22-37/h1-33H. The molecule has 0 aliphatic carbocycles. The van der Waals surface area contributed by atoms with E-state index in [-0.39, 0.29) is 0 Å². The Kier molecular flexibility index (Phi) is 8.12. The lowest BCUT2D eigenvalue weighted by atomic mass is 9.91. The minimum atomic E-state index is 0.593. The summed E-state index contributed by atoms with van der Waals surface area (Å²) >= 11 is 0. The van der Waals surface area contributed by atoms with E-state index in [1.54, 1.807) is 0 Å². The van der Waals surface area contributed by atoms with E-state index in [0.29, 0.717) is 17.5 Å². The van der Waals surface area contributed by atoms with E-state index in [2.05, 4.69) is 133 Å². The number of nitrogens with zero attached hydrogens (tertiary/aromatic N) is 3. The molecule has 0 bridgehead atoms. The van der Waals surface area contributed by atoms with Crippen molar-refractivity contribution in [1.82, 2.24) is 15.0 Å². The summed E-state index contributed by atoms with van der Waals surface area (Å²) in [5.74, 6) is 1.85. The van der Waals surface area contributed by atoms with Gasteiger partial charge < -0.3 is 4.42 Å². The summed E-state index contributed by atoms with van der Waals surface area (Å²) in [4.78, 5) is 14.8. The third-order valence-electron chi connectivity index (χ3n) is 10.1. The number of benzene rings is 8. The fourth-order valence-electron chi connectivity index (χ4n) is 7.40. The van der Waals surface area contributed by atoms with Crippen molar-refractivity contribution in [3.05, 3.63) is 200 Å². The maximum atomic E-state index is 6.58. The molecule has 4 heteroatoms. The van der Waals surface area contributed by atoms with Gasteiger partial charge in [-0.1, -0.05) is 158 Å². The van der Waals surface area contributed by atoms with E-state index >= 15 is 0 Å². The van der Waals surface area contributed by atoms with Gasteiger partial charge in [0.15, 0.2) is 17.5 Å². The van der Waals surface area contributed by atoms with Crippen molar-refractivity contribution >= 4 is 21.9 Å². The van der Waals surface area contributed by atoms with Crippen molar-refractivity contribution in [2.24, 2.45) is 0 Å². The van der Waals surface area contributed by atoms with Crippen LogP contribution in [0.25, 0.3) is 101 Å². The first-order valence-electron chi connectivity index (χ1n) is 18.4. The summed E-state index contributed by atoms with van der Waals surface area (Å²) in [5, 5.41) is 2.12.